The number of ether oxygens (including phenoxy) is 1. The van der Waals surface area contributed by atoms with Gasteiger partial charge in [0.05, 0.1) is 20.1 Å². The van der Waals surface area contributed by atoms with Crippen molar-refractivity contribution >= 4 is 5.78 Å². The van der Waals surface area contributed by atoms with E-state index in [1.807, 2.05) is 12.2 Å². The van der Waals surface area contributed by atoms with Gasteiger partial charge in [0.15, 0.2) is 5.78 Å². The molecule has 0 amide bonds. The standard InChI is InChI=1S/C19H23NO5.ClH/c1-12(19(24)13-3-5-15(21)6-4-13)20-8-7-18(23)14-9-16(22)11-17(10-14)25-2;/h3-6,9-12,19-22,24H,7-8H2,1-2H3;1H. The van der Waals surface area contributed by atoms with Gasteiger partial charge < -0.3 is 37.8 Å². The molecule has 0 spiro atoms. The van der Waals surface area contributed by atoms with Crippen LogP contribution in [-0.4, -0.2) is 40.8 Å². The van der Waals surface area contributed by atoms with Crippen LogP contribution in [0.2, 0.25) is 0 Å². The van der Waals surface area contributed by atoms with Crippen LogP contribution in [-0.2, 0) is 0 Å². The van der Waals surface area contributed by atoms with Crippen molar-refractivity contribution in [2.75, 3.05) is 13.7 Å². The molecule has 7 heteroatoms. The first kappa shape index (κ1) is 21.8. The number of methoxy groups -OCH3 is 1. The van der Waals surface area contributed by atoms with Crippen LogP contribution in [0.1, 0.15) is 35.4 Å². The van der Waals surface area contributed by atoms with Crippen LogP contribution in [0.4, 0.5) is 0 Å². The van der Waals surface area contributed by atoms with Gasteiger partial charge in [-0.15, -0.1) is 0 Å². The molecule has 0 aromatic heterocycles. The predicted molar refractivity (Wildman–Crippen MR) is 92.9 cm³/mol. The zero-order valence-corrected chi connectivity index (χ0v) is 15.5. The summed E-state index contributed by atoms with van der Waals surface area (Å²) >= 11 is 0. The molecule has 0 heterocycles. The van der Waals surface area contributed by atoms with E-state index in [0.29, 0.717) is 23.4 Å². The number of quaternary nitrogens is 1. The van der Waals surface area contributed by atoms with E-state index in [9.17, 15) is 20.1 Å². The van der Waals surface area contributed by atoms with E-state index >= 15 is 0 Å². The Morgan fingerprint density at radius 2 is 1.77 bits per heavy atom. The molecule has 2 rings (SSSR count). The normalized spacial score (nSPS) is 12.7. The largest absolute Gasteiger partial charge is 1.00 e. The van der Waals surface area contributed by atoms with Crippen LogP contribution in [0.25, 0.3) is 0 Å². The fourth-order valence-electron chi connectivity index (χ4n) is 2.59. The number of aliphatic hydroxyl groups excluding tert-OH is 1. The van der Waals surface area contributed by atoms with Gasteiger partial charge in [0, 0.05) is 11.6 Å². The van der Waals surface area contributed by atoms with Gasteiger partial charge in [-0.1, -0.05) is 12.1 Å². The van der Waals surface area contributed by atoms with Gasteiger partial charge in [-0.05, 0) is 36.8 Å². The monoisotopic (exact) mass is 381 g/mol. The lowest BCUT2D eigenvalue weighted by Gasteiger charge is -2.17. The minimum atomic E-state index is -0.698. The van der Waals surface area contributed by atoms with Crippen LogP contribution in [0, 0.1) is 0 Å². The molecule has 0 saturated heterocycles. The number of aromatic hydroxyl groups is 2. The molecular weight excluding hydrogens is 358 g/mol. The molecule has 0 saturated carbocycles. The van der Waals surface area contributed by atoms with Crippen molar-refractivity contribution in [2.45, 2.75) is 25.5 Å². The summed E-state index contributed by atoms with van der Waals surface area (Å²) in [6.45, 7) is 2.38. The molecule has 2 atom stereocenters. The zero-order chi connectivity index (χ0) is 18.4. The second-order valence-electron chi connectivity index (χ2n) is 6.01. The second kappa shape index (κ2) is 10.0. The summed E-state index contributed by atoms with van der Waals surface area (Å²) in [6, 6.07) is 10.7. The number of carbonyl (C=O) groups excluding carboxylic acids is 1. The average molecular weight is 382 g/mol. The number of phenols is 2. The van der Waals surface area contributed by atoms with Gasteiger partial charge in [0.1, 0.15) is 29.4 Å². The molecule has 26 heavy (non-hydrogen) atoms. The highest BCUT2D eigenvalue weighted by Gasteiger charge is 2.20. The Kier molecular flexibility index (Phi) is 8.38. The number of benzene rings is 2. The first-order valence-electron chi connectivity index (χ1n) is 8.12. The molecule has 0 fully saturated rings. The lowest BCUT2D eigenvalue weighted by atomic mass is 10.0. The summed E-state index contributed by atoms with van der Waals surface area (Å²) in [6.07, 6.45) is -0.421. The minimum Gasteiger partial charge on any atom is -1.00 e. The van der Waals surface area contributed by atoms with E-state index in [4.69, 9.17) is 4.74 Å². The number of hydrogen-bond donors (Lipinski definition) is 4. The Morgan fingerprint density at radius 3 is 2.38 bits per heavy atom. The molecule has 5 N–H and O–H groups in total. The molecule has 2 aromatic rings. The Hall–Kier alpha value is -2.28. The van der Waals surface area contributed by atoms with Gasteiger partial charge in [-0.25, -0.2) is 0 Å². The summed E-state index contributed by atoms with van der Waals surface area (Å²) in [7, 11) is 1.48. The number of ketones is 1. The van der Waals surface area contributed by atoms with E-state index in [-0.39, 0.29) is 42.2 Å². The lowest BCUT2D eigenvalue weighted by Crippen LogP contribution is -3.00. The highest BCUT2D eigenvalue weighted by molar-refractivity contribution is 5.96. The third kappa shape index (κ3) is 5.91. The number of aliphatic hydroxyl groups is 1. The number of halogens is 1. The molecule has 0 bridgehead atoms. The number of carbonyl (C=O) groups is 1. The van der Waals surface area contributed by atoms with Crippen molar-refractivity contribution in [3.8, 4) is 17.2 Å². The highest BCUT2D eigenvalue weighted by Crippen LogP contribution is 2.22. The Bertz CT molecular complexity index is 720. The Morgan fingerprint density at radius 1 is 1.12 bits per heavy atom. The first-order valence-corrected chi connectivity index (χ1v) is 8.12. The number of hydrogen-bond acceptors (Lipinski definition) is 5. The Balaban J connectivity index is 0.00000338. The first-order chi connectivity index (χ1) is 11.9. The summed E-state index contributed by atoms with van der Waals surface area (Å²) in [4.78, 5) is 12.2. The number of rotatable bonds is 8. The van der Waals surface area contributed by atoms with Gasteiger partial charge >= 0.3 is 0 Å². The molecule has 2 aromatic carbocycles. The van der Waals surface area contributed by atoms with Gasteiger partial charge in [0.2, 0.25) is 0 Å². The molecular formula is C19H24ClNO5. The summed E-state index contributed by atoms with van der Waals surface area (Å²) < 4.78 is 5.05. The number of nitrogens with two attached hydrogens (primary N) is 1. The average Bonchev–Trinajstić information content (AvgIpc) is 2.60. The van der Waals surface area contributed by atoms with E-state index in [2.05, 4.69) is 0 Å². The molecule has 0 aliphatic rings. The highest BCUT2D eigenvalue weighted by atomic mass is 35.5. The smallest absolute Gasteiger partial charge is 0.168 e. The third-order valence-corrected chi connectivity index (χ3v) is 4.09. The molecule has 0 aliphatic heterocycles. The van der Waals surface area contributed by atoms with Gasteiger partial charge in [-0.3, -0.25) is 4.79 Å². The van der Waals surface area contributed by atoms with E-state index in [1.54, 1.807) is 18.2 Å². The van der Waals surface area contributed by atoms with E-state index in [0.717, 1.165) is 0 Å². The predicted octanol–water partition coefficient (Wildman–Crippen LogP) is -1.63. The molecule has 0 aliphatic carbocycles. The zero-order valence-electron chi connectivity index (χ0n) is 14.7. The summed E-state index contributed by atoms with van der Waals surface area (Å²) in [5.74, 6) is 0.475. The summed E-state index contributed by atoms with van der Waals surface area (Å²) in [5, 5.41) is 31.1. The van der Waals surface area contributed by atoms with Gasteiger partial charge in [-0.2, -0.15) is 0 Å². The maximum atomic E-state index is 12.2. The van der Waals surface area contributed by atoms with Crippen molar-refractivity contribution in [2.24, 2.45) is 0 Å². The number of Topliss-reactive ketones (excluding diaryl/α,β-unsaturated/α-hetero) is 1. The van der Waals surface area contributed by atoms with E-state index in [1.165, 1.54) is 31.4 Å². The number of phenolic OH excluding ortho intramolecular Hbond substituents is 2. The maximum absolute atomic E-state index is 12.2. The SMILES string of the molecule is COc1cc(O)cc(C(=O)CC[NH2+]C(C)C(O)c2ccc(O)cc2)c1.[Cl-]. The van der Waals surface area contributed by atoms with Crippen LogP contribution >= 0.6 is 0 Å². The molecule has 6 nitrogen and oxygen atoms in total. The fraction of sp³-hybridized carbons (Fsp3) is 0.316. The topological polar surface area (TPSA) is 104 Å². The van der Waals surface area contributed by atoms with Crippen molar-refractivity contribution in [3.05, 3.63) is 53.6 Å². The van der Waals surface area contributed by atoms with Crippen LogP contribution < -0.4 is 22.5 Å². The summed E-state index contributed by atoms with van der Waals surface area (Å²) in [5.41, 5.74) is 1.11. The maximum Gasteiger partial charge on any atom is 0.168 e. The second-order valence-corrected chi connectivity index (χ2v) is 6.01. The fourth-order valence-corrected chi connectivity index (χ4v) is 2.59. The molecule has 2 unspecified atom stereocenters. The van der Waals surface area contributed by atoms with Crippen molar-refractivity contribution in [1.29, 1.82) is 0 Å². The molecule has 142 valence electrons. The van der Waals surface area contributed by atoms with Crippen LogP contribution in [0.3, 0.4) is 0 Å². The van der Waals surface area contributed by atoms with Crippen LogP contribution in [0.15, 0.2) is 42.5 Å². The molecule has 0 radical (unpaired) electrons. The van der Waals surface area contributed by atoms with Crippen molar-refractivity contribution in [3.63, 3.8) is 0 Å². The van der Waals surface area contributed by atoms with Crippen molar-refractivity contribution in [1.82, 2.24) is 0 Å². The minimum absolute atomic E-state index is 0. The van der Waals surface area contributed by atoms with Crippen LogP contribution in [0.5, 0.6) is 17.2 Å². The lowest BCUT2D eigenvalue weighted by molar-refractivity contribution is -0.693. The third-order valence-electron chi connectivity index (χ3n) is 4.09. The Labute approximate surface area is 158 Å². The quantitative estimate of drug-likeness (QED) is 0.411. The van der Waals surface area contributed by atoms with Gasteiger partial charge in [0.25, 0.3) is 0 Å². The van der Waals surface area contributed by atoms with Crippen molar-refractivity contribution < 1.29 is 42.6 Å². The van der Waals surface area contributed by atoms with E-state index < -0.39 is 6.10 Å².